The van der Waals surface area contributed by atoms with E-state index in [2.05, 4.69) is 4.98 Å². The SMILES string of the molecule is [Li][c]1ccncc1. The third-order valence-corrected chi connectivity index (χ3v) is 0.847. The van der Waals surface area contributed by atoms with Crippen LogP contribution in [0.15, 0.2) is 24.5 Å². The first-order chi connectivity index (χ1) is 3.39. The predicted octanol–water partition coefficient (Wildman–Crippen LogP) is -0.125. The van der Waals surface area contributed by atoms with Gasteiger partial charge in [-0.25, -0.2) is 0 Å². The molecule has 1 aromatic rings. The Balaban J connectivity index is 3.02. The van der Waals surface area contributed by atoms with E-state index in [9.17, 15) is 0 Å². The maximum absolute atomic E-state index is 3.85. The first-order valence-corrected chi connectivity index (χ1v) is 2.26. The van der Waals surface area contributed by atoms with Gasteiger partial charge in [0.1, 0.15) is 0 Å². The van der Waals surface area contributed by atoms with E-state index in [1.54, 1.807) is 12.4 Å². The number of hydrogen-bond donors (Lipinski definition) is 0. The molecule has 0 bridgehead atoms. The summed E-state index contributed by atoms with van der Waals surface area (Å²) in [5.41, 5.74) is 0. The van der Waals surface area contributed by atoms with Crippen LogP contribution < -0.4 is 4.24 Å². The topological polar surface area (TPSA) is 12.9 Å². The second kappa shape index (κ2) is 2.16. The quantitative estimate of drug-likeness (QED) is 0.400. The van der Waals surface area contributed by atoms with E-state index in [4.69, 9.17) is 0 Å². The zero-order valence-electron chi connectivity index (χ0n) is 4.26. The van der Waals surface area contributed by atoms with E-state index in [-0.39, 0.29) is 0 Å². The van der Waals surface area contributed by atoms with Gasteiger partial charge < -0.3 is 0 Å². The molecule has 1 rings (SSSR count). The van der Waals surface area contributed by atoms with E-state index in [1.807, 2.05) is 29.8 Å². The summed E-state index contributed by atoms with van der Waals surface area (Å²) in [5.74, 6) is 0. The van der Waals surface area contributed by atoms with Crippen LogP contribution in [0.4, 0.5) is 0 Å². The molecule has 0 N–H and O–H groups in total. The van der Waals surface area contributed by atoms with E-state index < -0.39 is 0 Å². The van der Waals surface area contributed by atoms with Crippen molar-refractivity contribution in [2.24, 2.45) is 0 Å². The van der Waals surface area contributed by atoms with E-state index >= 15 is 0 Å². The van der Waals surface area contributed by atoms with Crippen LogP contribution >= 0.6 is 0 Å². The summed E-state index contributed by atoms with van der Waals surface area (Å²) in [4.78, 5) is 3.85. The van der Waals surface area contributed by atoms with Crippen LogP contribution in [0.2, 0.25) is 0 Å². The molecule has 0 aromatic carbocycles. The van der Waals surface area contributed by atoms with Gasteiger partial charge in [0.15, 0.2) is 0 Å². The maximum atomic E-state index is 3.85. The molecule has 0 aliphatic carbocycles. The minimum absolute atomic E-state index is 1.26. The summed E-state index contributed by atoms with van der Waals surface area (Å²) in [5, 5.41) is 0. The number of aromatic nitrogens is 1. The third-order valence-electron chi connectivity index (χ3n) is 0.847. The molecule has 30 valence electrons. The van der Waals surface area contributed by atoms with Gasteiger partial charge in [-0.05, 0) is 0 Å². The van der Waals surface area contributed by atoms with Gasteiger partial charge in [-0.3, -0.25) is 0 Å². The Morgan fingerprint density at radius 1 is 1.29 bits per heavy atom. The fourth-order valence-corrected chi connectivity index (χ4v) is 0.426. The fourth-order valence-electron chi connectivity index (χ4n) is 0.426. The monoisotopic (exact) mass is 85.1 g/mol. The minimum atomic E-state index is 1.26. The van der Waals surface area contributed by atoms with Crippen LogP contribution in [0, 0.1) is 0 Å². The van der Waals surface area contributed by atoms with Gasteiger partial charge in [-0.1, -0.05) is 0 Å². The molecule has 2 heteroatoms. The van der Waals surface area contributed by atoms with Crippen LogP contribution in [-0.2, 0) is 0 Å². The van der Waals surface area contributed by atoms with Crippen LogP contribution in [-0.4, -0.2) is 22.7 Å². The average Bonchev–Trinajstić information content (AvgIpc) is 1.69. The van der Waals surface area contributed by atoms with Gasteiger partial charge in [-0.2, -0.15) is 0 Å². The first-order valence-electron chi connectivity index (χ1n) is 2.26. The normalized spacial score (nSPS) is 8.86. The van der Waals surface area contributed by atoms with Gasteiger partial charge in [0, 0.05) is 0 Å². The van der Waals surface area contributed by atoms with Crippen molar-refractivity contribution in [1.29, 1.82) is 0 Å². The van der Waals surface area contributed by atoms with E-state index in [1.165, 1.54) is 4.24 Å². The summed E-state index contributed by atoms with van der Waals surface area (Å²) < 4.78 is 1.26. The van der Waals surface area contributed by atoms with Gasteiger partial charge in [0.25, 0.3) is 0 Å². The van der Waals surface area contributed by atoms with Gasteiger partial charge in [0.2, 0.25) is 0 Å². The summed E-state index contributed by atoms with van der Waals surface area (Å²) in [6, 6.07) is 3.94. The molecule has 0 saturated heterocycles. The first kappa shape index (κ1) is 4.90. The second-order valence-corrected chi connectivity index (χ2v) is 1.52. The predicted molar refractivity (Wildman–Crippen MR) is 29.6 cm³/mol. The summed E-state index contributed by atoms with van der Waals surface area (Å²) in [6.45, 7) is 0. The van der Waals surface area contributed by atoms with E-state index in [0.29, 0.717) is 0 Å². The summed E-state index contributed by atoms with van der Waals surface area (Å²) in [7, 11) is 0. The Morgan fingerprint density at radius 3 is 2.14 bits per heavy atom. The van der Waals surface area contributed by atoms with Crippen molar-refractivity contribution in [3.8, 4) is 0 Å². The molecule has 7 heavy (non-hydrogen) atoms. The third kappa shape index (κ3) is 1.34. The number of hydrogen-bond acceptors (Lipinski definition) is 1. The summed E-state index contributed by atoms with van der Waals surface area (Å²) >= 11 is 2.04. The zero-order valence-corrected chi connectivity index (χ0v) is 4.26. The Hall–Kier alpha value is -0.253. The van der Waals surface area contributed by atoms with Crippen molar-refractivity contribution in [3.63, 3.8) is 0 Å². The van der Waals surface area contributed by atoms with Gasteiger partial charge in [0.05, 0.1) is 0 Å². The van der Waals surface area contributed by atoms with E-state index in [0.717, 1.165) is 0 Å². The zero-order chi connectivity index (χ0) is 5.11. The Kier molecular flexibility index (Phi) is 1.51. The van der Waals surface area contributed by atoms with Gasteiger partial charge >= 0.3 is 51.5 Å². The molecule has 1 nitrogen and oxygen atoms in total. The van der Waals surface area contributed by atoms with Crippen LogP contribution in [0.1, 0.15) is 0 Å². The average molecular weight is 85.0 g/mol. The van der Waals surface area contributed by atoms with Crippen LogP contribution in [0.25, 0.3) is 0 Å². The molecule has 0 spiro atoms. The molecule has 0 aliphatic rings. The Labute approximate surface area is 52.0 Å². The molecule has 0 amide bonds. The van der Waals surface area contributed by atoms with Crippen molar-refractivity contribution < 1.29 is 0 Å². The number of nitrogens with zero attached hydrogens (tertiary/aromatic N) is 1. The van der Waals surface area contributed by atoms with Crippen molar-refractivity contribution in [2.45, 2.75) is 0 Å². The Morgan fingerprint density at radius 2 is 1.86 bits per heavy atom. The molecule has 0 saturated carbocycles. The molecule has 0 atom stereocenters. The van der Waals surface area contributed by atoms with Crippen LogP contribution in [0.3, 0.4) is 0 Å². The van der Waals surface area contributed by atoms with Crippen LogP contribution in [0.5, 0.6) is 0 Å². The molecule has 0 fully saturated rings. The molecule has 0 radical (unpaired) electrons. The molecular weight excluding hydrogens is 81.0 g/mol. The second-order valence-electron chi connectivity index (χ2n) is 1.52. The van der Waals surface area contributed by atoms with Crippen molar-refractivity contribution in [3.05, 3.63) is 24.5 Å². The molecule has 1 heterocycles. The molecule has 0 unspecified atom stereocenters. The molecular formula is C5H4LiN. The van der Waals surface area contributed by atoms with Gasteiger partial charge in [-0.15, -0.1) is 0 Å². The Bertz CT molecular complexity index is 138. The molecule has 0 aliphatic heterocycles. The van der Waals surface area contributed by atoms with Crippen molar-refractivity contribution in [2.75, 3.05) is 0 Å². The summed E-state index contributed by atoms with van der Waals surface area (Å²) in [6.07, 6.45) is 3.57. The standard InChI is InChI=1S/C5H4N.Li/c1-2-4-6-5-3-1;/h2-5H;. The van der Waals surface area contributed by atoms with Crippen molar-refractivity contribution >= 4 is 22.0 Å². The fraction of sp³-hybridized carbons (Fsp3) is 0. The van der Waals surface area contributed by atoms with Crippen molar-refractivity contribution in [1.82, 2.24) is 4.98 Å². The number of rotatable bonds is 0. The molecule has 1 aromatic heterocycles. The number of pyridine rings is 1.